The summed E-state index contributed by atoms with van der Waals surface area (Å²) in [5, 5.41) is 0. The van der Waals surface area contributed by atoms with Gasteiger partial charge in [-0.05, 0) is 30.6 Å². The molecule has 0 bridgehead atoms. The summed E-state index contributed by atoms with van der Waals surface area (Å²) in [4.78, 5) is 0. The van der Waals surface area contributed by atoms with E-state index in [0.29, 0.717) is 12.8 Å². The van der Waals surface area contributed by atoms with Crippen molar-refractivity contribution in [2.24, 2.45) is 17.8 Å². The highest BCUT2D eigenvalue weighted by Crippen LogP contribution is 2.35. The molecule has 0 N–H and O–H groups in total. The predicted molar refractivity (Wildman–Crippen MR) is 77.6 cm³/mol. The maximum absolute atomic E-state index is 6.26. The number of nitrogens with zero attached hydrogens (tertiary/aromatic N) is 1. The van der Waals surface area contributed by atoms with Crippen molar-refractivity contribution in [2.75, 3.05) is 0 Å². The van der Waals surface area contributed by atoms with E-state index in [0.717, 1.165) is 17.8 Å². The monoisotopic (exact) mass is 297 g/mol. The molecule has 1 aromatic heterocycles. The van der Waals surface area contributed by atoms with E-state index in [1.807, 2.05) is 0 Å². The third kappa shape index (κ3) is 4.46. The second-order valence-electron chi connectivity index (χ2n) is 6.47. The number of rotatable bonds is 4. The Hall–Kier alpha value is -0.600. The molecular weight excluding hydrogens is 270 g/mol. The summed E-state index contributed by atoms with van der Waals surface area (Å²) in [7, 11) is 0. The Balaban J connectivity index is 0.00000200. The highest BCUT2D eigenvalue weighted by atomic mass is 35.5. The zero-order chi connectivity index (χ0) is 13.8. The maximum atomic E-state index is 6.26. The third-order valence-corrected chi connectivity index (χ3v) is 4.56. The number of pyridine rings is 1. The average molecular weight is 298 g/mol. The highest BCUT2D eigenvalue weighted by Gasteiger charge is 2.32. The van der Waals surface area contributed by atoms with E-state index in [1.165, 1.54) is 25.0 Å². The van der Waals surface area contributed by atoms with E-state index >= 15 is 0 Å². The van der Waals surface area contributed by atoms with Crippen LogP contribution in [0.4, 0.5) is 0 Å². The average Bonchev–Trinajstić information content (AvgIpc) is 2.37. The van der Waals surface area contributed by atoms with Crippen molar-refractivity contribution < 1.29 is 21.7 Å². The molecule has 0 unspecified atom stereocenters. The van der Waals surface area contributed by atoms with Gasteiger partial charge in [-0.2, -0.15) is 4.57 Å². The third-order valence-electron chi connectivity index (χ3n) is 4.56. The minimum atomic E-state index is 0. The van der Waals surface area contributed by atoms with E-state index in [4.69, 9.17) is 4.74 Å². The van der Waals surface area contributed by atoms with Gasteiger partial charge in [-0.15, -0.1) is 0 Å². The molecule has 0 radical (unpaired) electrons. The Bertz CT molecular complexity index is 408. The number of ether oxygens (including phenoxy) is 1. The normalized spacial score (nSPS) is 26.4. The van der Waals surface area contributed by atoms with Crippen molar-refractivity contribution in [3.63, 3.8) is 0 Å². The van der Waals surface area contributed by atoms with Gasteiger partial charge in [0.2, 0.25) is 0 Å². The summed E-state index contributed by atoms with van der Waals surface area (Å²) in [5.74, 6) is 2.25. The number of hydrogen-bond donors (Lipinski definition) is 0. The first kappa shape index (κ1) is 17.5. The fourth-order valence-corrected chi connectivity index (χ4v) is 3.19. The van der Waals surface area contributed by atoms with Gasteiger partial charge in [-0.1, -0.05) is 33.3 Å². The lowest BCUT2D eigenvalue weighted by atomic mass is 9.75. The first-order valence-corrected chi connectivity index (χ1v) is 7.64. The van der Waals surface area contributed by atoms with Crippen LogP contribution in [0.25, 0.3) is 0 Å². The second-order valence-corrected chi connectivity index (χ2v) is 6.47. The lowest BCUT2D eigenvalue weighted by Crippen LogP contribution is -3.00. The van der Waals surface area contributed by atoms with Crippen LogP contribution >= 0.6 is 0 Å². The van der Waals surface area contributed by atoms with E-state index in [2.05, 4.69) is 56.7 Å². The molecule has 1 fully saturated rings. The predicted octanol–water partition coefficient (Wildman–Crippen LogP) is 0.721. The summed E-state index contributed by atoms with van der Waals surface area (Å²) in [6.45, 7) is 9.84. The van der Waals surface area contributed by atoms with Gasteiger partial charge in [-0.25, -0.2) is 0 Å². The molecule has 1 aliphatic carbocycles. The molecule has 1 aliphatic rings. The number of aryl methyl sites for hydroxylation is 1. The number of hydrogen-bond acceptors (Lipinski definition) is 1. The van der Waals surface area contributed by atoms with E-state index in [9.17, 15) is 0 Å². The molecule has 3 heteroatoms. The van der Waals surface area contributed by atoms with Gasteiger partial charge in [0.25, 0.3) is 6.73 Å². The molecule has 1 aromatic rings. The maximum Gasteiger partial charge on any atom is 0.253 e. The first-order valence-electron chi connectivity index (χ1n) is 7.64. The van der Waals surface area contributed by atoms with Crippen LogP contribution in [-0.4, -0.2) is 6.10 Å². The van der Waals surface area contributed by atoms with Crippen molar-refractivity contribution in [3.05, 3.63) is 30.1 Å². The van der Waals surface area contributed by atoms with E-state index in [1.54, 1.807) is 0 Å². The van der Waals surface area contributed by atoms with Gasteiger partial charge in [0, 0.05) is 19.1 Å². The van der Waals surface area contributed by atoms with Crippen LogP contribution in [-0.2, 0) is 11.5 Å². The van der Waals surface area contributed by atoms with Gasteiger partial charge in [0.05, 0.1) is 6.10 Å². The van der Waals surface area contributed by atoms with Gasteiger partial charge >= 0.3 is 0 Å². The highest BCUT2D eigenvalue weighted by molar-refractivity contribution is 4.93. The molecular formula is C17H28ClNO. The van der Waals surface area contributed by atoms with E-state index in [-0.39, 0.29) is 12.4 Å². The van der Waals surface area contributed by atoms with Crippen molar-refractivity contribution >= 4 is 0 Å². The van der Waals surface area contributed by atoms with Crippen LogP contribution in [0.3, 0.4) is 0 Å². The summed E-state index contributed by atoms with van der Waals surface area (Å²) in [6.07, 6.45) is 6.43. The van der Waals surface area contributed by atoms with Gasteiger partial charge < -0.3 is 17.1 Å². The second kappa shape index (κ2) is 7.99. The van der Waals surface area contributed by atoms with Crippen LogP contribution in [0.2, 0.25) is 0 Å². The lowest BCUT2D eigenvalue weighted by molar-refractivity contribution is -0.740. The van der Waals surface area contributed by atoms with Gasteiger partial charge in [0.1, 0.15) is 0 Å². The standard InChI is InChI=1S/C17H28NO.ClH/c1-13(2)16-9-8-14(3)11-17(16)19-12-18-10-6-5-7-15(18)4;/h5-7,10,13-14,16-17H,8-9,11-12H2,1-4H3;1H/q+1;/p-1/t14-,16+,17-;/m1./s1. The number of aromatic nitrogens is 1. The Morgan fingerprint density at radius 1 is 1.30 bits per heavy atom. The topological polar surface area (TPSA) is 13.1 Å². The molecule has 1 heterocycles. The van der Waals surface area contributed by atoms with Crippen LogP contribution in [0, 0.1) is 24.7 Å². The minimum absolute atomic E-state index is 0. The summed E-state index contributed by atoms with van der Waals surface area (Å²) in [5.41, 5.74) is 1.26. The van der Waals surface area contributed by atoms with E-state index < -0.39 is 0 Å². The first-order chi connectivity index (χ1) is 9.08. The minimum Gasteiger partial charge on any atom is -1.00 e. The Kier molecular flexibility index (Phi) is 6.97. The van der Waals surface area contributed by atoms with Gasteiger partial charge in [-0.3, -0.25) is 0 Å². The quantitative estimate of drug-likeness (QED) is 0.747. The van der Waals surface area contributed by atoms with Crippen molar-refractivity contribution in [3.8, 4) is 0 Å². The lowest BCUT2D eigenvalue weighted by Gasteiger charge is -2.36. The molecule has 3 atom stereocenters. The van der Waals surface area contributed by atoms with Crippen LogP contribution in [0.5, 0.6) is 0 Å². The number of halogens is 1. The van der Waals surface area contributed by atoms with Crippen molar-refractivity contribution in [1.29, 1.82) is 0 Å². The van der Waals surface area contributed by atoms with Gasteiger partial charge in [0.15, 0.2) is 11.9 Å². The van der Waals surface area contributed by atoms with Crippen LogP contribution < -0.4 is 17.0 Å². The fourth-order valence-electron chi connectivity index (χ4n) is 3.19. The molecule has 1 saturated carbocycles. The summed E-state index contributed by atoms with van der Waals surface area (Å²) < 4.78 is 8.45. The molecule has 114 valence electrons. The SMILES string of the molecule is Cc1cccc[n+]1CO[C@@H]1C[C@H](C)CC[C@H]1C(C)C.[Cl-]. The Labute approximate surface area is 130 Å². The molecule has 20 heavy (non-hydrogen) atoms. The van der Waals surface area contributed by atoms with Crippen molar-refractivity contribution in [2.45, 2.75) is 59.8 Å². The Morgan fingerprint density at radius 2 is 2.05 bits per heavy atom. The van der Waals surface area contributed by atoms with Crippen molar-refractivity contribution in [1.82, 2.24) is 0 Å². The fraction of sp³-hybridized carbons (Fsp3) is 0.706. The van der Waals surface area contributed by atoms with Crippen LogP contribution in [0.15, 0.2) is 24.4 Å². The molecule has 2 rings (SSSR count). The van der Waals surface area contributed by atoms with Crippen LogP contribution in [0.1, 0.15) is 45.7 Å². The molecule has 0 saturated heterocycles. The zero-order valence-electron chi connectivity index (χ0n) is 13.2. The molecule has 0 spiro atoms. The molecule has 2 nitrogen and oxygen atoms in total. The molecule has 0 aromatic carbocycles. The largest absolute Gasteiger partial charge is 1.00 e. The summed E-state index contributed by atoms with van der Waals surface area (Å²) >= 11 is 0. The smallest absolute Gasteiger partial charge is 0.253 e. The molecule has 0 amide bonds. The Morgan fingerprint density at radius 3 is 2.70 bits per heavy atom. The zero-order valence-corrected chi connectivity index (χ0v) is 13.9. The summed E-state index contributed by atoms with van der Waals surface area (Å²) in [6, 6.07) is 6.28. The molecule has 0 aliphatic heterocycles.